The lowest BCUT2D eigenvalue weighted by Crippen LogP contribution is -2.11. The Labute approximate surface area is 174 Å². The topological polar surface area (TPSA) is 98.2 Å². The Morgan fingerprint density at radius 1 is 1.11 bits per heavy atom. The third kappa shape index (κ3) is 5.15. The van der Waals surface area contributed by atoms with Crippen LogP contribution in [-0.4, -0.2) is 37.4 Å². The van der Waals surface area contributed by atoms with Crippen molar-refractivity contribution in [3.8, 4) is 5.75 Å². The summed E-state index contributed by atoms with van der Waals surface area (Å²) in [6.45, 7) is 0. The van der Waals surface area contributed by atoms with E-state index in [-0.39, 0.29) is 23.0 Å². The van der Waals surface area contributed by atoms with Gasteiger partial charge in [0.25, 0.3) is 5.91 Å². The van der Waals surface area contributed by atoms with Crippen LogP contribution in [0.5, 0.6) is 5.75 Å². The van der Waals surface area contributed by atoms with E-state index in [0.717, 1.165) is 15.8 Å². The van der Waals surface area contributed by atoms with Crippen molar-refractivity contribution in [1.29, 1.82) is 0 Å². The Bertz CT molecular complexity index is 1060. The Morgan fingerprint density at radius 3 is 2.43 bits per heavy atom. The lowest BCUT2D eigenvalue weighted by atomic mass is 10.2. The predicted molar refractivity (Wildman–Crippen MR) is 111 cm³/mol. The second-order valence-corrected chi connectivity index (χ2v) is 9.79. The minimum atomic E-state index is -3.45. The summed E-state index contributed by atoms with van der Waals surface area (Å²) in [6.07, 6.45) is 0.209. The molecule has 3 rings (SSSR count). The number of carbonyl (C=O) groups excluding carboxylic acids is 1. The van der Waals surface area contributed by atoms with Crippen LogP contribution in [0.25, 0.3) is 0 Å². The highest BCUT2D eigenvalue weighted by molar-refractivity contribution is 9.10. The molecular formula is C18H16BrN3O4S2. The molecule has 0 atom stereocenters. The minimum absolute atomic E-state index is 0.103. The van der Waals surface area contributed by atoms with Gasteiger partial charge in [0.05, 0.1) is 17.8 Å². The van der Waals surface area contributed by atoms with Crippen molar-refractivity contribution in [3.63, 3.8) is 0 Å². The average molecular weight is 482 g/mol. The van der Waals surface area contributed by atoms with Gasteiger partial charge in [0.2, 0.25) is 5.13 Å². The van der Waals surface area contributed by atoms with E-state index in [1.807, 2.05) is 0 Å². The van der Waals surface area contributed by atoms with Gasteiger partial charge in [0.15, 0.2) is 9.84 Å². The maximum Gasteiger partial charge on any atom is 0.257 e. The molecule has 0 unspecified atom stereocenters. The van der Waals surface area contributed by atoms with E-state index in [1.54, 1.807) is 36.4 Å². The maximum atomic E-state index is 12.4. The minimum Gasteiger partial charge on any atom is -0.497 e. The second-order valence-electron chi connectivity index (χ2n) is 5.71. The van der Waals surface area contributed by atoms with Gasteiger partial charge in [-0.05, 0) is 48.5 Å². The second kappa shape index (κ2) is 8.80. The van der Waals surface area contributed by atoms with Crippen LogP contribution in [0, 0.1) is 0 Å². The summed E-state index contributed by atoms with van der Waals surface area (Å²) >= 11 is 4.47. The Kier molecular flexibility index (Phi) is 6.42. The van der Waals surface area contributed by atoms with Gasteiger partial charge in [-0.25, -0.2) is 8.42 Å². The van der Waals surface area contributed by atoms with Crippen molar-refractivity contribution in [3.05, 3.63) is 63.6 Å². The molecule has 2 aromatic carbocycles. The van der Waals surface area contributed by atoms with E-state index >= 15 is 0 Å². The summed E-state index contributed by atoms with van der Waals surface area (Å²) in [5.41, 5.74) is 0.488. The number of nitrogens with zero attached hydrogens (tertiary/aromatic N) is 2. The van der Waals surface area contributed by atoms with Crippen LogP contribution >= 0.6 is 27.3 Å². The van der Waals surface area contributed by atoms with Crippen LogP contribution in [-0.2, 0) is 16.3 Å². The number of methoxy groups -OCH3 is 1. The van der Waals surface area contributed by atoms with Crippen LogP contribution < -0.4 is 10.1 Å². The smallest absolute Gasteiger partial charge is 0.257 e. The van der Waals surface area contributed by atoms with Crippen molar-refractivity contribution in [2.45, 2.75) is 11.3 Å². The number of rotatable bonds is 7. The molecule has 10 heteroatoms. The highest BCUT2D eigenvalue weighted by Crippen LogP contribution is 2.21. The monoisotopic (exact) mass is 481 g/mol. The van der Waals surface area contributed by atoms with Crippen molar-refractivity contribution in [1.82, 2.24) is 10.2 Å². The fourth-order valence-electron chi connectivity index (χ4n) is 2.30. The molecule has 0 spiro atoms. The third-order valence-electron chi connectivity index (χ3n) is 3.80. The van der Waals surface area contributed by atoms with E-state index in [1.165, 1.54) is 19.2 Å². The van der Waals surface area contributed by atoms with Crippen molar-refractivity contribution in [2.75, 3.05) is 18.2 Å². The first-order valence-electron chi connectivity index (χ1n) is 8.13. The molecule has 0 radical (unpaired) electrons. The van der Waals surface area contributed by atoms with Crippen molar-refractivity contribution < 1.29 is 17.9 Å². The maximum absolute atomic E-state index is 12.4. The van der Waals surface area contributed by atoms with Crippen LogP contribution in [0.1, 0.15) is 15.4 Å². The number of sulfone groups is 1. The molecule has 0 saturated heterocycles. The number of hydrogen-bond acceptors (Lipinski definition) is 7. The summed E-state index contributed by atoms with van der Waals surface area (Å²) in [4.78, 5) is 12.4. The zero-order valence-electron chi connectivity index (χ0n) is 14.8. The summed E-state index contributed by atoms with van der Waals surface area (Å²) in [5, 5.41) is 11.4. The summed E-state index contributed by atoms with van der Waals surface area (Å²) in [6, 6.07) is 13.1. The Balaban J connectivity index is 1.60. The Morgan fingerprint density at radius 2 is 1.79 bits per heavy atom. The molecule has 3 aromatic rings. The Hall–Kier alpha value is -2.30. The molecule has 1 N–H and O–H groups in total. The van der Waals surface area contributed by atoms with Gasteiger partial charge in [0, 0.05) is 16.5 Å². The van der Waals surface area contributed by atoms with E-state index in [4.69, 9.17) is 4.74 Å². The molecule has 0 aliphatic heterocycles. The van der Waals surface area contributed by atoms with Gasteiger partial charge in [-0.2, -0.15) is 0 Å². The number of halogens is 1. The SMILES string of the molecule is COc1ccc(S(=O)(=O)CCc2nnc(NC(=O)c3ccc(Br)cc3)s2)cc1. The number of benzene rings is 2. The molecule has 0 saturated carbocycles. The normalized spacial score (nSPS) is 11.2. The first-order valence-corrected chi connectivity index (χ1v) is 11.4. The molecule has 0 aliphatic carbocycles. The number of anilines is 1. The van der Waals surface area contributed by atoms with Gasteiger partial charge in [-0.3, -0.25) is 10.1 Å². The van der Waals surface area contributed by atoms with Gasteiger partial charge in [-0.1, -0.05) is 27.3 Å². The van der Waals surface area contributed by atoms with E-state index in [9.17, 15) is 13.2 Å². The van der Waals surface area contributed by atoms with Crippen molar-refractivity contribution in [2.24, 2.45) is 0 Å². The fraction of sp³-hybridized carbons (Fsp3) is 0.167. The third-order valence-corrected chi connectivity index (χ3v) is 6.96. The lowest BCUT2D eigenvalue weighted by molar-refractivity contribution is 0.102. The van der Waals surface area contributed by atoms with Gasteiger partial charge < -0.3 is 4.74 Å². The van der Waals surface area contributed by atoms with Crippen LogP contribution in [0.4, 0.5) is 5.13 Å². The number of carbonyl (C=O) groups is 1. The quantitative estimate of drug-likeness (QED) is 0.553. The first kappa shape index (κ1) is 20.4. The van der Waals surface area contributed by atoms with E-state index < -0.39 is 9.84 Å². The van der Waals surface area contributed by atoms with Gasteiger partial charge in [0.1, 0.15) is 10.8 Å². The number of hydrogen-bond donors (Lipinski definition) is 1. The van der Waals surface area contributed by atoms with E-state index in [2.05, 4.69) is 31.4 Å². The van der Waals surface area contributed by atoms with Crippen LogP contribution in [0.15, 0.2) is 57.9 Å². The largest absolute Gasteiger partial charge is 0.497 e. The molecule has 1 heterocycles. The van der Waals surface area contributed by atoms with Crippen LogP contribution in [0.2, 0.25) is 0 Å². The number of ether oxygens (including phenoxy) is 1. The summed E-state index contributed by atoms with van der Waals surface area (Å²) < 4.78 is 30.8. The van der Waals surface area contributed by atoms with Gasteiger partial charge >= 0.3 is 0 Å². The van der Waals surface area contributed by atoms with Crippen molar-refractivity contribution >= 4 is 48.1 Å². The molecule has 0 fully saturated rings. The molecule has 1 aromatic heterocycles. The molecule has 0 bridgehead atoms. The number of aryl methyl sites for hydroxylation is 1. The standard InChI is InChI=1S/C18H16BrN3O4S2/c1-26-14-6-8-15(9-7-14)28(24,25)11-10-16-21-22-18(27-16)20-17(23)12-2-4-13(19)5-3-12/h2-9H,10-11H2,1H3,(H,20,22,23). The zero-order chi connectivity index (χ0) is 20.1. The first-order chi connectivity index (χ1) is 13.4. The highest BCUT2D eigenvalue weighted by atomic mass is 79.9. The van der Waals surface area contributed by atoms with Crippen LogP contribution in [0.3, 0.4) is 0 Å². The van der Waals surface area contributed by atoms with E-state index in [0.29, 0.717) is 21.5 Å². The summed E-state index contributed by atoms with van der Waals surface area (Å²) in [5.74, 6) is 0.185. The molecule has 0 aliphatic rings. The molecule has 1 amide bonds. The van der Waals surface area contributed by atoms with Gasteiger partial charge in [-0.15, -0.1) is 10.2 Å². The number of aromatic nitrogens is 2. The highest BCUT2D eigenvalue weighted by Gasteiger charge is 2.17. The lowest BCUT2D eigenvalue weighted by Gasteiger charge is -2.04. The zero-order valence-corrected chi connectivity index (χ0v) is 18.0. The molecule has 28 heavy (non-hydrogen) atoms. The average Bonchev–Trinajstić information content (AvgIpc) is 3.14. The molecule has 146 valence electrons. The predicted octanol–water partition coefficient (Wildman–Crippen LogP) is 3.58. The molecular weight excluding hydrogens is 466 g/mol. The molecule has 7 nitrogen and oxygen atoms in total. The number of nitrogens with one attached hydrogen (secondary N) is 1. The number of amides is 1. The fourth-order valence-corrected chi connectivity index (χ4v) is 4.67. The summed E-state index contributed by atoms with van der Waals surface area (Å²) in [7, 11) is -1.93.